The van der Waals surface area contributed by atoms with Crippen molar-refractivity contribution >= 4 is 33.3 Å². The van der Waals surface area contributed by atoms with Gasteiger partial charge < -0.3 is 5.32 Å². The smallest absolute Gasteiger partial charge is 0.126 e. The Bertz CT molecular complexity index is 386. The van der Waals surface area contributed by atoms with Crippen molar-refractivity contribution in [3.8, 4) is 0 Å². The first-order valence-electron chi connectivity index (χ1n) is 3.96. The highest BCUT2D eigenvalue weighted by Gasteiger charge is 1.97. The van der Waals surface area contributed by atoms with E-state index >= 15 is 0 Å². The zero-order chi connectivity index (χ0) is 9.80. The van der Waals surface area contributed by atoms with Gasteiger partial charge in [-0.3, -0.25) is 0 Å². The molecule has 0 fully saturated rings. The number of nitrogens with zero attached hydrogens (tertiary/aromatic N) is 3. The third-order valence-corrected chi connectivity index (χ3v) is 2.61. The Hall–Kier alpha value is -1.01. The zero-order valence-electron chi connectivity index (χ0n) is 7.14. The molecule has 72 valence electrons. The quantitative estimate of drug-likeness (QED) is 0.930. The van der Waals surface area contributed by atoms with Crippen LogP contribution in [-0.2, 0) is 6.54 Å². The molecule has 6 heteroatoms. The van der Waals surface area contributed by atoms with Crippen LogP contribution in [-0.4, -0.2) is 14.6 Å². The van der Waals surface area contributed by atoms with E-state index in [1.165, 1.54) is 11.5 Å². The van der Waals surface area contributed by atoms with E-state index in [2.05, 4.69) is 35.8 Å². The summed E-state index contributed by atoms with van der Waals surface area (Å²) in [5, 5.41) is 8.97. The van der Waals surface area contributed by atoms with Crippen LogP contribution in [0.5, 0.6) is 0 Å². The van der Waals surface area contributed by atoms with Gasteiger partial charge in [0.05, 0.1) is 12.2 Å². The Labute approximate surface area is 93.7 Å². The van der Waals surface area contributed by atoms with E-state index in [1.807, 2.05) is 17.5 Å². The number of pyridine rings is 1. The molecular formula is C8H7BrN4S. The third kappa shape index (κ3) is 2.49. The number of anilines is 1. The zero-order valence-corrected chi connectivity index (χ0v) is 9.55. The van der Waals surface area contributed by atoms with E-state index in [0.717, 1.165) is 16.0 Å². The first-order valence-corrected chi connectivity index (χ1v) is 5.59. The first-order chi connectivity index (χ1) is 6.84. The molecule has 0 aromatic carbocycles. The van der Waals surface area contributed by atoms with E-state index in [4.69, 9.17) is 0 Å². The van der Waals surface area contributed by atoms with Crippen LogP contribution in [0, 0.1) is 0 Å². The van der Waals surface area contributed by atoms with Gasteiger partial charge in [0.25, 0.3) is 0 Å². The summed E-state index contributed by atoms with van der Waals surface area (Å²) in [6.45, 7) is 0.658. The lowest BCUT2D eigenvalue weighted by Crippen LogP contribution is -2.01. The molecule has 2 rings (SSSR count). The predicted octanol–water partition coefficient (Wildman–Crippen LogP) is 2.31. The average Bonchev–Trinajstić information content (AvgIpc) is 2.70. The Morgan fingerprint density at radius 1 is 1.43 bits per heavy atom. The minimum Gasteiger partial charge on any atom is -0.364 e. The van der Waals surface area contributed by atoms with Gasteiger partial charge in [-0.15, -0.1) is 5.10 Å². The van der Waals surface area contributed by atoms with Crippen molar-refractivity contribution in [1.82, 2.24) is 14.6 Å². The fourth-order valence-electron chi connectivity index (χ4n) is 0.923. The van der Waals surface area contributed by atoms with Crippen molar-refractivity contribution in [3.05, 3.63) is 33.9 Å². The van der Waals surface area contributed by atoms with Crippen LogP contribution in [0.1, 0.15) is 5.69 Å². The highest BCUT2D eigenvalue weighted by atomic mass is 79.9. The molecule has 0 aliphatic rings. The second kappa shape index (κ2) is 4.47. The molecule has 0 spiro atoms. The molecule has 0 amide bonds. The van der Waals surface area contributed by atoms with Crippen LogP contribution in [0.2, 0.25) is 0 Å². The topological polar surface area (TPSA) is 50.7 Å². The van der Waals surface area contributed by atoms with Crippen LogP contribution >= 0.6 is 27.5 Å². The second-order valence-corrected chi connectivity index (χ2v) is 4.14. The molecule has 0 aliphatic heterocycles. The molecule has 2 aromatic rings. The van der Waals surface area contributed by atoms with Gasteiger partial charge in [-0.2, -0.15) is 0 Å². The van der Waals surface area contributed by atoms with Crippen molar-refractivity contribution in [2.45, 2.75) is 6.54 Å². The predicted molar refractivity (Wildman–Crippen MR) is 59.2 cm³/mol. The Balaban J connectivity index is 1.95. The number of hydrogen-bond acceptors (Lipinski definition) is 5. The fourth-order valence-corrected chi connectivity index (χ4v) is 1.61. The minimum atomic E-state index is 0.658. The van der Waals surface area contributed by atoms with E-state index < -0.39 is 0 Å². The maximum absolute atomic E-state index is 4.17. The molecule has 0 saturated carbocycles. The Morgan fingerprint density at radius 2 is 2.36 bits per heavy atom. The van der Waals surface area contributed by atoms with Crippen LogP contribution in [0.3, 0.4) is 0 Å². The van der Waals surface area contributed by atoms with Crippen molar-refractivity contribution in [1.29, 1.82) is 0 Å². The molecule has 4 nitrogen and oxygen atoms in total. The summed E-state index contributed by atoms with van der Waals surface area (Å²) < 4.78 is 4.74. The number of halogens is 1. The highest BCUT2D eigenvalue weighted by Crippen LogP contribution is 2.11. The van der Waals surface area contributed by atoms with Crippen LogP contribution in [0.4, 0.5) is 5.82 Å². The summed E-state index contributed by atoms with van der Waals surface area (Å²) in [4.78, 5) is 4.17. The Kier molecular flexibility index (Phi) is 3.05. The van der Waals surface area contributed by atoms with Crippen LogP contribution < -0.4 is 5.32 Å². The van der Waals surface area contributed by atoms with E-state index in [0.29, 0.717) is 6.54 Å². The lowest BCUT2D eigenvalue weighted by Gasteiger charge is -2.01. The van der Waals surface area contributed by atoms with Gasteiger partial charge in [0, 0.05) is 16.0 Å². The second-order valence-electron chi connectivity index (χ2n) is 2.61. The van der Waals surface area contributed by atoms with Crippen molar-refractivity contribution in [3.63, 3.8) is 0 Å². The molecule has 0 radical (unpaired) electrons. The van der Waals surface area contributed by atoms with Gasteiger partial charge in [-0.1, -0.05) is 4.49 Å². The lowest BCUT2D eigenvalue weighted by molar-refractivity contribution is 0.989. The van der Waals surface area contributed by atoms with Gasteiger partial charge in [0.1, 0.15) is 5.82 Å². The maximum atomic E-state index is 4.17. The summed E-state index contributed by atoms with van der Waals surface area (Å²) in [5.41, 5.74) is 0.930. The molecule has 0 atom stereocenters. The summed E-state index contributed by atoms with van der Waals surface area (Å²) >= 11 is 4.67. The summed E-state index contributed by atoms with van der Waals surface area (Å²) in [5.74, 6) is 0.834. The molecule has 2 aromatic heterocycles. The third-order valence-electron chi connectivity index (χ3n) is 1.58. The van der Waals surface area contributed by atoms with E-state index in [-0.39, 0.29) is 0 Å². The van der Waals surface area contributed by atoms with Gasteiger partial charge in [-0.25, -0.2) is 4.98 Å². The molecule has 1 N–H and O–H groups in total. The summed E-state index contributed by atoms with van der Waals surface area (Å²) in [6.07, 6.45) is 1.75. The molecule has 0 aliphatic carbocycles. The average molecular weight is 271 g/mol. The largest absolute Gasteiger partial charge is 0.364 e. The molecule has 0 bridgehead atoms. The van der Waals surface area contributed by atoms with Crippen LogP contribution in [0.15, 0.2) is 28.2 Å². The normalized spacial score (nSPS) is 10.1. The van der Waals surface area contributed by atoms with E-state index in [9.17, 15) is 0 Å². The van der Waals surface area contributed by atoms with Gasteiger partial charge in [-0.05, 0) is 39.6 Å². The lowest BCUT2D eigenvalue weighted by atomic mass is 10.4. The molecule has 2 heterocycles. The summed E-state index contributed by atoms with van der Waals surface area (Å²) in [7, 11) is 0. The number of nitrogens with one attached hydrogen (secondary N) is 1. The SMILES string of the molecule is Brc1ccc(NCc2csnn2)nc1. The fraction of sp³-hybridized carbons (Fsp3) is 0.125. The standard InChI is InChI=1S/C8H7BrN4S/c9-6-1-2-8(10-3-6)11-4-7-5-14-13-12-7/h1-3,5H,4H2,(H,10,11). The first kappa shape index (κ1) is 9.54. The van der Waals surface area contributed by atoms with Crippen molar-refractivity contribution in [2.75, 3.05) is 5.32 Å². The van der Waals surface area contributed by atoms with Gasteiger partial charge in [0.15, 0.2) is 0 Å². The highest BCUT2D eigenvalue weighted by molar-refractivity contribution is 9.10. The Morgan fingerprint density at radius 3 is 3.00 bits per heavy atom. The molecule has 0 saturated heterocycles. The minimum absolute atomic E-state index is 0.658. The molecular weight excluding hydrogens is 264 g/mol. The molecule has 0 unspecified atom stereocenters. The van der Waals surface area contributed by atoms with Crippen molar-refractivity contribution < 1.29 is 0 Å². The monoisotopic (exact) mass is 270 g/mol. The van der Waals surface area contributed by atoms with Crippen LogP contribution in [0.25, 0.3) is 0 Å². The van der Waals surface area contributed by atoms with E-state index in [1.54, 1.807) is 6.20 Å². The summed E-state index contributed by atoms with van der Waals surface area (Å²) in [6, 6.07) is 3.85. The number of aromatic nitrogens is 3. The van der Waals surface area contributed by atoms with Gasteiger partial charge in [0.2, 0.25) is 0 Å². The van der Waals surface area contributed by atoms with Gasteiger partial charge >= 0.3 is 0 Å². The van der Waals surface area contributed by atoms with Crippen molar-refractivity contribution in [2.24, 2.45) is 0 Å². The number of hydrogen-bond donors (Lipinski definition) is 1. The maximum Gasteiger partial charge on any atom is 0.126 e. The molecule has 14 heavy (non-hydrogen) atoms. The number of rotatable bonds is 3.